The second kappa shape index (κ2) is 5.06. The molecule has 0 amide bonds. The van der Waals surface area contributed by atoms with Gasteiger partial charge in [-0.1, -0.05) is 12.0 Å². The molecule has 0 heterocycles. The lowest BCUT2D eigenvalue weighted by atomic mass is 10.1. The minimum Gasteiger partial charge on any atom is -0.421 e. The van der Waals surface area contributed by atoms with Crippen LogP contribution in [0.2, 0.25) is 0 Å². The van der Waals surface area contributed by atoms with Crippen LogP contribution >= 0.6 is 0 Å². The summed E-state index contributed by atoms with van der Waals surface area (Å²) in [5.74, 6) is 2.64. The minimum atomic E-state index is -0.781. The van der Waals surface area contributed by atoms with Gasteiger partial charge in [0.05, 0.1) is 0 Å². The Hall–Kier alpha value is -1.95. The van der Waals surface area contributed by atoms with Crippen LogP contribution in [0.15, 0.2) is 18.2 Å². The van der Waals surface area contributed by atoms with E-state index in [1.807, 2.05) is 19.9 Å². The van der Waals surface area contributed by atoms with Gasteiger partial charge in [-0.05, 0) is 37.1 Å². The van der Waals surface area contributed by atoms with Crippen molar-refractivity contribution < 1.29 is 14.3 Å². The quantitative estimate of drug-likeness (QED) is 0.421. The molecule has 3 nitrogen and oxygen atoms in total. The molecule has 78 valence electrons. The van der Waals surface area contributed by atoms with E-state index >= 15 is 0 Å². The monoisotopic (exact) mass is 204 g/mol. The number of terminal acetylenes is 1. The highest BCUT2D eigenvalue weighted by atomic mass is 16.7. The zero-order valence-corrected chi connectivity index (χ0v) is 8.74. The zero-order valence-electron chi connectivity index (χ0n) is 8.74. The SMILES string of the molecule is C#CCOC(=O)Oc1ccc(C)c(C)c1. The van der Waals surface area contributed by atoms with E-state index in [4.69, 9.17) is 11.2 Å². The molecular weight excluding hydrogens is 192 g/mol. The molecule has 0 radical (unpaired) electrons. The summed E-state index contributed by atoms with van der Waals surface area (Å²) in [6.45, 7) is 3.84. The van der Waals surface area contributed by atoms with Gasteiger partial charge < -0.3 is 9.47 Å². The average molecular weight is 204 g/mol. The molecular formula is C12H12O3. The van der Waals surface area contributed by atoms with Crippen LogP contribution in [0.4, 0.5) is 4.79 Å². The lowest BCUT2D eigenvalue weighted by molar-refractivity contribution is 0.111. The number of carbonyl (C=O) groups is 1. The van der Waals surface area contributed by atoms with Crippen molar-refractivity contribution in [2.75, 3.05) is 6.61 Å². The summed E-state index contributed by atoms with van der Waals surface area (Å²) < 4.78 is 9.46. The largest absolute Gasteiger partial charge is 0.514 e. The molecule has 0 spiro atoms. The van der Waals surface area contributed by atoms with Crippen LogP contribution in [-0.2, 0) is 4.74 Å². The van der Waals surface area contributed by atoms with Crippen LogP contribution in [0, 0.1) is 26.2 Å². The standard InChI is InChI=1S/C12H12O3/c1-4-7-14-12(13)15-11-6-5-9(2)10(3)8-11/h1,5-6,8H,7H2,2-3H3. The van der Waals surface area contributed by atoms with Crippen molar-refractivity contribution >= 4 is 6.16 Å². The highest BCUT2D eigenvalue weighted by Gasteiger charge is 2.05. The van der Waals surface area contributed by atoms with Crippen LogP contribution in [0.1, 0.15) is 11.1 Å². The van der Waals surface area contributed by atoms with E-state index < -0.39 is 6.16 Å². The van der Waals surface area contributed by atoms with Crippen molar-refractivity contribution in [3.63, 3.8) is 0 Å². The third kappa shape index (κ3) is 3.35. The predicted molar refractivity (Wildman–Crippen MR) is 56.7 cm³/mol. The number of benzene rings is 1. The number of carbonyl (C=O) groups excluding carboxylic acids is 1. The van der Waals surface area contributed by atoms with Gasteiger partial charge in [-0.2, -0.15) is 0 Å². The highest BCUT2D eigenvalue weighted by molar-refractivity contribution is 5.64. The summed E-state index contributed by atoms with van der Waals surface area (Å²) in [4.78, 5) is 11.0. The lowest BCUT2D eigenvalue weighted by Crippen LogP contribution is -2.10. The Morgan fingerprint density at radius 2 is 2.13 bits per heavy atom. The lowest BCUT2D eigenvalue weighted by Gasteiger charge is -2.05. The van der Waals surface area contributed by atoms with Crippen molar-refractivity contribution in [2.45, 2.75) is 13.8 Å². The molecule has 0 aliphatic heterocycles. The first-order chi connectivity index (χ1) is 7.13. The van der Waals surface area contributed by atoms with Gasteiger partial charge in [0.15, 0.2) is 6.61 Å². The maximum atomic E-state index is 11.0. The van der Waals surface area contributed by atoms with E-state index in [9.17, 15) is 4.79 Å². The molecule has 0 aliphatic carbocycles. The number of ether oxygens (including phenoxy) is 2. The van der Waals surface area contributed by atoms with Gasteiger partial charge in [0, 0.05) is 0 Å². The van der Waals surface area contributed by atoms with Gasteiger partial charge in [0.1, 0.15) is 5.75 Å². The maximum absolute atomic E-state index is 11.0. The molecule has 0 bridgehead atoms. The Bertz CT molecular complexity index is 402. The van der Waals surface area contributed by atoms with Crippen LogP contribution < -0.4 is 4.74 Å². The molecule has 15 heavy (non-hydrogen) atoms. The van der Waals surface area contributed by atoms with Crippen molar-refractivity contribution in [2.24, 2.45) is 0 Å². The fourth-order valence-corrected chi connectivity index (χ4v) is 1.00. The topological polar surface area (TPSA) is 35.5 Å². The van der Waals surface area contributed by atoms with Gasteiger partial charge in [-0.15, -0.1) is 6.42 Å². The number of rotatable bonds is 2. The fraction of sp³-hybridized carbons (Fsp3) is 0.250. The van der Waals surface area contributed by atoms with E-state index in [-0.39, 0.29) is 6.61 Å². The molecule has 0 unspecified atom stereocenters. The summed E-state index contributed by atoms with van der Waals surface area (Å²) in [5.41, 5.74) is 2.19. The number of hydrogen-bond donors (Lipinski definition) is 0. The van der Waals surface area contributed by atoms with Crippen molar-refractivity contribution in [3.05, 3.63) is 29.3 Å². The van der Waals surface area contributed by atoms with Gasteiger partial charge in [-0.25, -0.2) is 4.79 Å². The molecule has 0 fully saturated rings. The molecule has 0 saturated heterocycles. The third-order valence-corrected chi connectivity index (χ3v) is 1.95. The highest BCUT2D eigenvalue weighted by Crippen LogP contribution is 2.16. The number of aryl methyl sites for hydroxylation is 2. The van der Waals surface area contributed by atoms with E-state index in [2.05, 4.69) is 10.7 Å². The smallest absolute Gasteiger partial charge is 0.421 e. The molecule has 1 aromatic rings. The average Bonchev–Trinajstić information content (AvgIpc) is 2.20. The Labute approximate surface area is 89.0 Å². The molecule has 0 aromatic heterocycles. The summed E-state index contributed by atoms with van der Waals surface area (Å²) in [5, 5.41) is 0. The second-order valence-corrected chi connectivity index (χ2v) is 3.09. The molecule has 0 N–H and O–H groups in total. The second-order valence-electron chi connectivity index (χ2n) is 3.09. The Morgan fingerprint density at radius 1 is 1.40 bits per heavy atom. The minimum absolute atomic E-state index is 0.0797. The first-order valence-corrected chi connectivity index (χ1v) is 4.49. The Kier molecular flexibility index (Phi) is 3.75. The van der Waals surface area contributed by atoms with Gasteiger partial charge in [-0.3, -0.25) is 0 Å². The van der Waals surface area contributed by atoms with Crippen LogP contribution in [0.3, 0.4) is 0 Å². The summed E-state index contributed by atoms with van der Waals surface area (Å²) in [7, 11) is 0. The molecule has 0 aliphatic rings. The van der Waals surface area contributed by atoms with E-state index in [0.717, 1.165) is 11.1 Å². The Morgan fingerprint density at radius 3 is 2.73 bits per heavy atom. The van der Waals surface area contributed by atoms with E-state index in [0.29, 0.717) is 5.75 Å². The summed E-state index contributed by atoms with van der Waals surface area (Å²) in [6, 6.07) is 5.35. The predicted octanol–water partition coefficient (Wildman–Crippen LogP) is 2.45. The van der Waals surface area contributed by atoms with Crippen LogP contribution in [-0.4, -0.2) is 12.8 Å². The maximum Gasteiger partial charge on any atom is 0.514 e. The normalized spacial score (nSPS) is 9.13. The van der Waals surface area contributed by atoms with E-state index in [1.54, 1.807) is 12.1 Å². The van der Waals surface area contributed by atoms with Gasteiger partial charge >= 0.3 is 6.16 Å². The molecule has 0 atom stereocenters. The molecule has 3 heteroatoms. The van der Waals surface area contributed by atoms with Crippen molar-refractivity contribution in [1.29, 1.82) is 0 Å². The van der Waals surface area contributed by atoms with Gasteiger partial charge in [0.25, 0.3) is 0 Å². The van der Waals surface area contributed by atoms with Crippen molar-refractivity contribution in [1.82, 2.24) is 0 Å². The van der Waals surface area contributed by atoms with Crippen LogP contribution in [0.25, 0.3) is 0 Å². The zero-order chi connectivity index (χ0) is 11.3. The van der Waals surface area contributed by atoms with Crippen LogP contribution in [0.5, 0.6) is 5.75 Å². The fourth-order valence-electron chi connectivity index (χ4n) is 1.00. The number of hydrogen-bond acceptors (Lipinski definition) is 3. The van der Waals surface area contributed by atoms with Gasteiger partial charge in [0.2, 0.25) is 0 Å². The summed E-state index contributed by atoms with van der Waals surface area (Å²) >= 11 is 0. The Balaban J connectivity index is 2.62. The molecule has 1 rings (SSSR count). The first kappa shape index (κ1) is 11.1. The van der Waals surface area contributed by atoms with Crippen molar-refractivity contribution in [3.8, 4) is 18.1 Å². The first-order valence-electron chi connectivity index (χ1n) is 4.49. The third-order valence-electron chi connectivity index (χ3n) is 1.95. The molecule has 1 aromatic carbocycles. The van der Waals surface area contributed by atoms with E-state index in [1.165, 1.54) is 0 Å². The summed E-state index contributed by atoms with van der Waals surface area (Å²) in [6.07, 6.45) is 4.15. The molecule has 0 saturated carbocycles.